The minimum absolute atomic E-state index is 0.268. The number of rotatable bonds is 5. The van der Waals surface area contributed by atoms with Crippen LogP contribution >= 0.6 is 0 Å². The Morgan fingerprint density at radius 1 is 1.00 bits per heavy atom. The van der Waals surface area contributed by atoms with Crippen LogP contribution < -0.4 is 10.9 Å². The molecule has 0 atom stereocenters. The van der Waals surface area contributed by atoms with Crippen LogP contribution in [0.2, 0.25) is 0 Å². The molecule has 0 fully saturated rings. The Morgan fingerprint density at radius 2 is 1.72 bits per heavy atom. The van der Waals surface area contributed by atoms with Crippen LogP contribution in [0, 0.1) is 0 Å². The molecule has 0 amide bonds. The standard InChI is InChI=1S/C20H18N2O3/c1-2-25-20(24)17-11-7-6-10-16(17)18-12-15(13-21-19(18)23)22-14-8-4-3-5-9-14/h3-13,22H,2H2,1H3,(H,21,23). The van der Waals surface area contributed by atoms with Crippen LogP contribution in [0.4, 0.5) is 11.4 Å². The van der Waals surface area contributed by atoms with E-state index in [-0.39, 0.29) is 12.2 Å². The molecule has 2 aromatic carbocycles. The predicted molar refractivity (Wildman–Crippen MR) is 98.2 cm³/mol. The second-order valence-corrected chi connectivity index (χ2v) is 5.39. The summed E-state index contributed by atoms with van der Waals surface area (Å²) in [6, 6.07) is 18.3. The van der Waals surface area contributed by atoms with Crippen molar-refractivity contribution in [1.29, 1.82) is 0 Å². The van der Waals surface area contributed by atoms with E-state index >= 15 is 0 Å². The van der Waals surface area contributed by atoms with Crippen LogP contribution in [0.5, 0.6) is 0 Å². The van der Waals surface area contributed by atoms with Gasteiger partial charge in [0.2, 0.25) is 0 Å². The Morgan fingerprint density at radius 3 is 2.48 bits per heavy atom. The fourth-order valence-electron chi connectivity index (χ4n) is 2.55. The zero-order valence-electron chi connectivity index (χ0n) is 13.8. The number of aromatic amines is 1. The first kappa shape index (κ1) is 16.5. The van der Waals surface area contributed by atoms with Crippen molar-refractivity contribution in [2.45, 2.75) is 6.92 Å². The topological polar surface area (TPSA) is 71.2 Å². The van der Waals surface area contributed by atoms with E-state index in [0.29, 0.717) is 16.7 Å². The molecule has 0 saturated heterocycles. The van der Waals surface area contributed by atoms with Gasteiger partial charge in [-0.1, -0.05) is 36.4 Å². The maximum atomic E-state index is 12.3. The molecule has 1 aromatic heterocycles. The van der Waals surface area contributed by atoms with Crippen LogP contribution in [0.3, 0.4) is 0 Å². The number of ether oxygens (including phenoxy) is 1. The van der Waals surface area contributed by atoms with Gasteiger partial charge >= 0.3 is 5.97 Å². The summed E-state index contributed by atoms with van der Waals surface area (Å²) in [4.78, 5) is 27.2. The molecular formula is C20H18N2O3. The van der Waals surface area contributed by atoms with Crippen molar-refractivity contribution in [3.05, 3.63) is 82.8 Å². The summed E-state index contributed by atoms with van der Waals surface area (Å²) < 4.78 is 5.09. The van der Waals surface area contributed by atoms with Crippen molar-refractivity contribution >= 4 is 17.3 Å². The molecule has 0 bridgehead atoms. The molecule has 0 aliphatic rings. The van der Waals surface area contributed by atoms with Gasteiger partial charge in [-0.25, -0.2) is 4.79 Å². The van der Waals surface area contributed by atoms with E-state index in [9.17, 15) is 9.59 Å². The fraction of sp³-hybridized carbons (Fsp3) is 0.100. The third-order valence-electron chi connectivity index (χ3n) is 3.68. The molecule has 1 heterocycles. The van der Waals surface area contributed by atoms with E-state index in [4.69, 9.17) is 4.74 Å². The first-order valence-electron chi connectivity index (χ1n) is 8.00. The van der Waals surface area contributed by atoms with Gasteiger partial charge in [-0.05, 0) is 31.2 Å². The lowest BCUT2D eigenvalue weighted by molar-refractivity contribution is 0.0527. The molecule has 5 nitrogen and oxygen atoms in total. The number of H-pyrrole nitrogens is 1. The van der Waals surface area contributed by atoms with Gasteiger partial charge in [-0.2, -0.15) is 0 Å². The van der Waals surface area contributed by atoms with Gasteiger partial charge in [0, 0.05) is 23.0 Å². The van der Waals surface area contributed by atoms with Gasteiger partial charge in [0.15, 0.2) is 0 Å². The monoisotopic (exact) mass is 334 g/mol. The number of pyridine rings is 1. The van der Waals surface area contributed by atoms with Crippen molar-refractivity contribution in [2.75, 3.05) is 11.9 Å². The minimum atomic E-state index is -0.445. The Bertz CT molecular complexity index is 933. The smallest absolute Gasteiger partial charge is 0.338 e. The second kappa shape index (κ2) is 7.49. The number of carbonyl (C=O) groups is 1. The summed E-state index contributed by atoms with van der Waals surface area (Å²) in [5.41, 5.74) is 2.67. The molecule has 0 aliphatic carbocycles. The van der Waals surface area contributed by atoms with E-state index in [2.05, 4.69) is 10.3 Å². The molecule has 0 saturated carbocycles. The number of nitrogens with one attached hydrogen (secondary N) is 2. The van der Waals surface area contributed by atoms with Crippen molar-refractivity contribution in [2.24, 2.45) is 0 Å². The number of anilines is 2. The lowest BCUT2D eigenvalue weighted by Gasteiger charge is -2.11. The summed E-state index contributed by atoms with van der Waals surface area (Å²) in [6.07, 6.45) is 1.60. The highest BCUT2D eigenvalue weighted by Gasteiger charge is 2.16. The Labute approximate surface area is 145 Å². The SMILES string of the molecule is CCOC(=O)c1ccccc1-c1cc(Nc2ccccc2)c[nH]c1=O. The van der Waals surface area contributed by atoms with Crippen LogP contribution in [-0.2, 0) is 4.74 Å². The van der Waals surface area contributed by atoms with Crippen LogP contribution in [-0.4, -0.2) is 17.6 Å². The van der Waals surface area contributed by atoms with E-state index in [1.54, 1.807) is 43.5 Å². The first-order chi connectivity index (χ1) is 12.2. The highest BCUT2D eigenvalue weighted by molar-refractivity contribution is 5.97. The Balaban J connectivity index is 2.02. The molecule has 0 radical (unpaired) electrons. The highest BCUT2D eigenvalue weighted by Crippen LogP contribution is 2.24. The number of hydrogen-bond acceptors (Lipinski definition) is 4. The molecule has 25 heavy (non-hydrogen) atoms. The lowest BCUT2D eigenvalue weighted by atomic mass is 10.0. The molecule has 0 unspecified atom stereocenters. The molecule has 2 N–H and O–H groups in total. The van der Waals surface area contributed by atoms with Crippen molar-refractivity contribution in [3.8, 4) is 11.1 Å². The quantitative estimate of drug-likeness (QED) is 0.693. The maximum absolute atomic E-state index is 12.3. The highest BCUT2D eigenvalue weighted by atomic mass is 16.5. The van der Waals surface area contributed by atoms with Gasteiger partial charge in [-0.15, -0.1) is 0 Å². The Kier molecular flexibility index (Phi) is 4.95. The maximum Gasteiger partial charge on any atom is 0.338 e. The van der Waals surface area contributed by atoms with Crippen molar-refractivity contribution in [3.63, 3.8) is 0 Å². The number of para-hydroxylation sites is 1. The Hall–Kier alpha value is -3.34. The summed E-state index contributed by atoms with van der Waals surface area (Å²) in [6.45, 7) is 2.02. The van der Waals surface area contributed by atoms with Gasteiger partial charge in [0.05, 0.1) is 17.9 Å². The summed E-state index contributed by atoms with van der Waals surface area (Å²) in [5, 5.41) is 3.23. The van der Waals surface area contributed by atoms with Crippen LogP contribution in [0.1, 0.15) is 17.3 Å². The molecular weight excluding hydrogens is 316 g/mol. The van der Waals surface area contributed by atoms with Crippen molar-refractivity contribution in [1.82, 2.24) is 4.98 Å². The number of hydrogen-bond donors (Lipinski definition) is 2. The minimum Gasteiger partial charge on any atom is -0.462 e. The van der Waals surface area contributed by atoms with Gasteiger partial charge in [0.1, 0.15) is 0 Å². The summed E-state index contributed by atoms with van der Waals surface area (Å²) in [7, 11) is 0. The van der Waals surface area contributed by atoms with Crippen LogP contribution in [0.15, 0.2) is 71.7 Å². The average molecular weight is 334 g/mol. The van der Waals surface area contributed by atoms with Crippen LogP contribution in [0.25, 0.3) is 11.1 Å². The van der Waals surface area contributed by atoms with Crippen molar-refractivity contribution < 1.29 is 9.53 Å². The summed E-state index contributed by atoms with van der Waals surface area (Å²) in [5.74, 6) is -0.445. The third-order valence-corrected chi connectivity index (χ3v) is 3.68. The number of carbonyl (C=O) groups excluding carboxylic acids is 1. The predicted octanol–water partition coefficient (Wildman–Crippen LogP) is 3.96. The number of aromatic nitrogens is 1. The molecule has 3 aromatic rings. The van der Waals surface area contributed by atoms with E-state index in [1.807, 2.05) is 30.3 Å². The lowest BCUT2D eigenvalue weighted by Crippen LogP contribution is -2.13. The van der Waals surface area contributed by atoms with Gasteiger partial charge < -0.3 is 15.0 Å². The van der Waals surface area contributed by atoms with E-state index in [1.165, 1.54) is 0 Å². The number of esters is 1. The molecule has 126 valence electrons. The molecule has 5 heteroatoms. The molecule has 0 spiro atoms. The zero-order valence-corrected chi connectivity index (χ0v) is 13.8. The molecule has 0 aliphatic heterocycles. The first-order valence-corrected chi connectivity index (χ1v) is 8.00. The third kappa shape index (κ3) is 3.77. The summed E-state index contributed by atoms with van der Waals surface area (Å²) >= 11 is 0. The normalized spacial score (nSPS) is 10.3. The van der Waals surface area contributed by atoms with Gasteiger partial charge in [0.25, 0.3) is 5.56 Å². The average Bonchev–Trinajstić information content (AvgIpc) is 2.64. The largest absolute Gasteiger partial charge is 0.462 e. The zero-order chi connectivity index (χ0) is 17.6. The molecule has 3 rings (SSSR count). The number of benzene rings is 2. The second-order valence-electron chi connectivity index (χ2n) is 5.39. The fourth-order valence-corrected chi connectivity index (χ4v) is 2.55. The van der Waals surface area contributed by atoms with Gasteiger partial charge in [-0.3, -0.25) is 4.79 Å². The van der Waals surface area contributed by atoms with E-state index in [0.717, 1.165) is 11.4 Å². The van der Waals surface area contributed by atoms with E-state index < -0.39 is 5.97 Å².